The first-order chi connectivity index (χ1) is 15.1. The summed E-state index contributed by atoms with van der Waals surface area (Å²) in [7, 11) is 0. The van der Waals surface area contributed by atoms with Crippen LogP contribution < -0.4 is 15.4 Å². The first-order valence-corrected chi connectivity index (χ1v) is 10.9. The number of carbonyl (C=O) groups is 2. The van der Waals surface area contributed by atoms with Crippen molar-refractivity contribution in [3.63, 3.8) is 0 Å². The lowest BCUT2D eigenvalue weighted by atomic mass is 9.85. The smallest absolute Gasteiger partial charge is 0.257 e. The number of benzene rings is 2. The Morgan fingerprint density at radius 3 is 2.61 bits per heavy atom. The Kier molecular flexibility index (Phi) is 6.62. The second kappa shape index (κ2) is 9.75. The molecule has 1 heterocycles. The molecular weight excluding hydrogens is 458 g/mol. The fourth-order valence-corrected chi connectivity index (χ4v) is 3.47. The van der Waals surface area contributed by atoms with E-state index in [9.17, 15) is 9.59 Å². The van der Waals surface area contributed by atoms with Gasteiger partial charge in [0, 0.05) is 28.8 Å². The van der Waals surface area contributed by atoms with Crippen molar-refractivity contribution in [2.24, 2.45) is 5.92 Å². The van der Waals surface area contributed by atoms with Crippen molar-refractivity contribution >= 4 is 33.4 Å². The molecule has 31 heavy (non-hydrogen) atoms. The number of amides is 2. The number of aromatic nitrogens is 1. The summed E-state index contributed by atoms with van der Waals surface area (Å²) in [4.78, 5) is 29.1. The molecule has 158 valence electrons. The normalized spacial score (nSPS) is 13.2. The number of ether oxygens (including phenoxy) is 1. The lowest BCUT2D eigenvalue weighted by Crippen LogP contribution is -2.28. The molecule has 0 radical (unpaired) electrons. The molecule has 3 aromatic rings. The van der Waals surface area contributed by atoms with Crippen LogP contribution in [0.3, 0.4) is 0 Å². The van der Waals surface area contributed by atoms with Gasteiger partial charge in [0.05, 0.1) is 0 Å². The lowest BCUT2D eigenvalue weighted by molar-refractivity contribution is -0.122. The molecule has 0 saturated heterocycles. The average molecular weight is 480 g/mol. The maximum Gasteiger partial charge on any atom is 0.257 e. The molecule has 0 unspecified atom stereocenters. The van der Waals surface area contributed by atoms with E-state index >= 15 is 0 Å². The molecule has 0 bridgehead atoms. The number of hydrogen-bond acceptors (Lipinski definition) is 4. The van der Waals surface area contributed by atoms with Gasteiger partial charge in [0.25, 0.3) is 5.91 Å². The minimum absolute atomic E-state index is 0.0672. The van der Waals surface area contributed by atoms with Crippen LogP contribution in [-0.4, -0.2) is 16.8 Å². The number of nitrogens with zero attached hydrogens (tertiary/aromatic N) is 1. The molecular formula is C24H22BrN3O3. The third-order valence-corrected chi connectivity index (χ3v) is 5.70. The van der Waals surface area contributed by atoms with Gasteiger partial charge < -0.3 is 15.4 Å². The van der Waals surface area contributed by atoms with E-state index in [0.29, 0.717) is 17.9 Å². The number of carbonyl (C=O) groups excluding carboxylic acids is 2. The van der Waals surface area contributed by atoms with Crippen molar-refractivity contribution in [3.8, 4) is 11.6 Å². The quantitative estimate of drug-likeness (QED) is 0.481. The molecule has 6 nitrogen and oxygen atoms in total. The minimum atomic E-state index is -0.288. The highest BCUT2D eigenvalue weighted by Crippen LogP contribution is 2.28. The molecule has 7 heteroatoms. The van der Waals surface area contributed by atoms with Crippen LogP contribution in [0.2, 0.25) is 0 Å². The summed E-state index contributed by atoms with van der Waals surface area (Å²) in [6.45, 7) is 0.318. The zero-order valence-electron chi connectivity index (χ0n) is 16.8. The van der Waals surface area contributed by atoms with Crippen LogP contribution in [0.1, 0.15) is 35.2 Å². The summed E-state index contributed by atoms with van der Waals surface area (Å²) in [5.74, 6) is 0.731. The topological polar surface area (TPSA) is 80.3 Å². The Labute approximate surface area is 189 Å². The summed E-state index contributed by atoms with van der Waals surface area (Å²) >= 11 is 3.38. The van der Waals surface area contributed by atoms with E-state index in [1.807, 2.05) is 36.4 Å². The standard InChI is InChI=1S/C24H22BrN3O3/c25-18-9-11-20(12-10-18)31-24-21(8-3-13-26-24)23(30)27-15-16-4-1-7-19(14-16)28-22(29)17-5-2-6-17/h1,3-4,7-14,17H,2,5-6,15H2,(H,27,30)(H,28,29). The SMILES string of the molecule is O=C(NCc1cccc(NC(=O)C2CCC2)c1)c1cccnc1Oc1ccc(Br)cc1. The predicted molar refractivity (Wildman–Crippen MR) is 122 cm³/mol. The molecule has 1 saturated carbocycles. The van der Waals surface area contributed by atoms with Crippen LogP contribution in [0.5, 0.6) is 11.6 Å². The second-order valence-corrected chi connectivity index (χ2v) is 8.33. The van der Waals surface area contributed by atoms with Crippen molar-refractivity contribution in [1.29, 1.82) is 0 Å². The Balaban J connectivity index is 1.39. The Hall–Kier alpha value is -3.19. The molecule has 1 aliphatic carbocycles. The van der Waals surface area contributed by atoms with E-state index in [-0.39, 0.29) is 23.6 Å². The summed E-state index contributed by atoms with van der Waals surface area (Å²) in [5, 5.41) is 5.86. The summed E-state index contributed by atoms with van der Waals surface area (Å²) in [6.07, 6.45) is 4.61. The molecule has 0 spiro atoms. The van der Waals surface area contributed by atoms with Gasteiger partial charge in [0.1, 0.15) is 11.3 Å². The van der Waals surface area contributed by atoms with Crippen molar-refractivity contribution in [2.75, 3.05) is 5.32 Å². The summed E-state index contributed by atoms with van der Waals surface area (Å²) < 4.78 is 6.73. The van der Waals surface area contributed by atoms with Gasteiger partial charge in [-0.15, -0.1) is 0 Å². The second-order valence-electron chi connectivity index (χ2n) is 7.41. The summed E-state index contributed by atoms with van der Waals surface area (Å²) in [5.41, 5.74) is 1.98. The maximum atomic E-state index is 12.8. The molecule has 0 atom stereocenters. The monoisotopic (exact) mass is 479 g/mol. The first kappa shape index (κ1) is 21.1. The van der Waals surface area contributed by atoms with Gasteiger partial charge in [-0.1, -0.05) is 34.5 Å². The predicted octanol–water partition coefficient (Wildman–Crippen LogP) is 5.31. The van der Waals surface area contributed by atoms with Gasteiger partial charge >= 0.3 is 0 Å². The lowest BCUT2D eigenvalue weighted by Gasteiger charge is -2.24. The van der Waals surface area contributed by atoms with Gasteiger partial charge in [0.15, 0.2) is 0 Å². The van der Waals surface area contributed by atoms with Gasteiger partial charge in [-0.2, -0.15) is 0 Å². The van der Waals surface area contributed by atoms with Gasteiger partial charge in [-0.3, -0.25) is 9.59 Å². The van der Waals surface area contributed by atoms with E-state index in [1.54, 1.807) is 30.5 Å². The molecule has 2 amide bonds. The van der Waals surface area contributed by atoms with Gasteiger partial charge in [-0.05, 0) is 66.9 Å². The number of rotatable bonds is 7. The number of halogens is 1. The molecule has 1 aliphatic rings. The number of pyridine rings is 1. The molecule has 1 fully saturated rings. The van der Waals surface area contributed by atoms with E-state index < -0.39 is 0 Å². The molecule has 4 rings (SSSR count). The highest BCUT2D eigenvalue weighted by molar-refractivity contribution is 9.10. The van der Waals surface area contributed by atoms with E-state index in [2.05, 4.69) is 31.5 Å². The Morgan fingerprint density at radius 2 is 1.87 bits per heavy atom. The zero-order valence-corrected chi connectivity index (χ0v) is 18.4. The van der Waals surface area contributed by atoms with E-state index in [0.717, 1.165) is 35.0 Å². The first-order valence-electron chi connectivity index (χ1n) is 10.1. The molecule has 2 N–H and O–H groups in total. The highest BCUT2D eigenvalue weighted by atomic mass is 79.9. The van der Waals surface area contributed by atoms with Gasteiger partial charge in [-0.25, -0.2) is 4.98 Å². The Morgan fingerprint density at radius 1 is 1.06 bits per heavy atom. The highest BCUT2D eigenvalue weighted by Gasteiger charge is 2.25. The molecule has 2 aromatic carbocycles. The van der Waals surface area contributed by atoms with Gasteiger partial charge in [0.2, 0.25) is 11.8 Å². The fourth-order valence-electron chi connectivity index (χ4n) is 3.21. The fraction of sp³-hybridized carbons (Fsp3) is 0.208. The van der Waals surface area contributed by atoms with Crippen molar-refractivity contribution < 1.29 is 14.3 Å². The van der Waals surface area contributed by atoms with Crippen molar-refractivity contribution in [2.45, 2.75) is 25.8 Å². The van der Waals surface area contributed by atoms with Crippen LogP contribution in [0.15, 0.2) is 71.3 Å². The van der Waals surface area contributed by atoms with E-state index in [4.69, 9.17) is 4.74 Å². The van der Waals surface area contributed by atoms with Crippen molar-refractivity contribution in [3.05, 3.63) is 82.5 Å². The average Bonchev–Trinajstić information content (AvgIpc) is 2.73. The third-order valence-electron chi connectivity index (χ3n) is 5.17. The summed E-state index contributed by atoms with van der Waals surface area (Å²) in [6, 6.07) is 18.2. The minimum Gasteiger partial charge on any atom is -0.438 e. The maximum absolute atomic E-state index is 12.8. The molecule has 0 aliphatic heterocycles. The number of hydrogen-bond donors (Lipinski definition) is 2. The van der Waals surface area contributed by atoms with Crippen LogP contribution in [0.25, 0.3) is 0 Å². The molecule has 1 aromatic heterocycles. The largest absolute Gasteiger partial charge is 0.438 e. The Bertz CT molecular complexity index is 1080. The van der Waals surface area contributed by atoms with E-state index in [1.165, 1.54) is 0 Å². The van der Waals surface area contributed by atoms with Crippen LogP contribution in [0, 0.1) is 5.92 Å². The van der Waals surface area contributed by atoms with Crippen LogP contribution in [-0.2, 0) is 11.3 Å². The van der Waals surface area contributed by atoms with Crippen LogP contribution >= 0.6 is 15.9 Å². The van der Waals surface area contributed by atoms with Crippen molar-refractivity contribution in [1.82, 2.24) is 10.3 Å². The van der Waals surface area contributed by atoms with Crippen LogP contribution in [0.4, 0.5) is 5.69 Å². The number of nitrogens with one attached hydrogen (secondary N) is 2. The number of anilines is 1. The third kappa shape index (κ3) is 5.49. The zero-order chi connectivity index (χ0) is 21.6.